The number of thiol groups is 1. The van der Waals surface area contributed by atoms with E-state index >= 15 is 0 Å². The minimum atomic E-state index is -0.650. The van der Waals surface area contributed by atoms with Crippen molar-refractivity contribution in [3.63, 3.8) is 0 Å². The van der Waals surface area contributed by atoms with Crippen molar-refractivity contribution >= 4 is 24.6 Å². The summed E-state index contributed by atoms with van der Waals surface area (Å²) in [5.74, 6) is -0.302. The van der Waals surface area contributed by atoms with Crippen LogP contribution >= 0.6 is 12.6 Å². The van der Waals surface area contributed by atoms with E-state index in [4.69, 9.17) is 0 Å². The van der Waals surface area contributed by atoms with E-state index in [0.29, 0.717) is 0 Å². The van der Waals surface area contributed by atoms with E-state index in [1.807, 2.05) is 0 Å². The summed E-state index contributed by atoms with van der Waals surface area (Å²) in [6.45, 7) is 0. The molecule has 9 heavy (non-hydrogen) atoms. The molecule has 0 radical (unpaired) electrons. The fourth-order valence-corrected chi connectivity index (χ4v) is 0.843. The van der Waals surface area contributed by atoms with E-state index in [2.05, 4.69) is 17.9 Å². The third-order valence-corrected chi connectivity index (χ3v) is 1.48. The number of hydrogen-bond donors (Lipinski definition) is 2. The lowest BCUT2D eigenvalue weighted by Gasteiger charge is -2.00. The van der Waals surface area contributed by atoms with Crippen LogP contribution in [0.4, 0.5) is 4.79 Å². The van der Waals surface area contributed by atoms with Crippen LogP contribution in [0.15, 0.2) is 0 Å². The first-order valence-corrected chi connectivity index (χ1v) is 2.90. The van der Waals surface area contributed by atoms with E-state index in [9.17, 15) is 9.59 Å². The van der Waals surface area contributed by atoms with Crippen molar-refractivity contribution in [2.24, 2.45) is 0 Å². The average molecular weight is 146 g/mol. The Balaban J connectivity index is 2.77. The Labute approximate surface area is 57.6 Å². The highest BCUT2D eigenvalue weighted by molar-refractivity contribution is 7.81. The summed E-state index contributed by atoms with van der Waals surface area (Å²) < 4.78 is 0. The molecular formula is C4H6N2O2S. The summed E-state index contributed by atoms with van der Waals surface area (Å²) in [5, 5.41) is 1.67. The Morgan fingerprint density at radius 1 is 1.67 bits per heavy atom. The number of carbonyl (C=O) groups is 2. The van der Waals surface area contributed by atoms with E-state index in [0.717, 1.165) is 4.90 Å². The van der Waals surface area contributed by atoms with Crippen LogP contribution in [0.2, 0.25) is 0 Å². The van der Waals surface area contributed by atoms with Crippen molar-refractivity contribution in [2.75, 3.05) is 7.05 Å². The first-order chi connectivity index (χ1) is 4.13. The van der Waals surface area contributed by atoms with Gasteiger partial charge >= 0.3 is 6.03 Å². The number of imide groups is 1. The largest absolute Gasteiger partial charge is 0.325 e. The molecule has 1 saturated heterocycles. The van der Waals surface area contributed by atoms with Gasteiger partial charge in [0.1, 0.15) is 0 Å². The summed E-state index contributed by atoms with van der Waals surface area (Å²) in [4.78, 5) is 22.2. The molecule has 50 valence electrons. The number of likely N-dealkylation sites (N-methyl/N-ethyl adjacent to an activating group) is 1. The minimum Gasteiger partial charge on any atom is -0.317 e. The lowest BCUT2D eigenvalue weighted by molar-refractivity contribution is -0.124. The van der Waals surface area contributed by atoms with Gasteiger partial charge < -0.3 is 5.32 Å². The predicted octanol–water partition coefficient (Wildman–Crippen LogP) is -0.576. The highest BCUT2D eigenvalue weighted by Gasteiger charge is 2.32. The highest BCUT2D eigenvalue weighted by atomic mass is 32.1. The number of carbonyl (C=O) groups excluding carboxylic acids is 2. The molecule has 1 atom stereocenters. The molecule has 1 heterocycles. The number of amides is 3. The molecule has 0 aromatic heterocycles. The van der Waals surface area contributed by atoms with Crippen molar-refractivity contribution in [1.29, 1.82) is 0 Å². The molecule has 1 aliphatic rings. The Morgan fingerprint density at radius 3 is 2.33 bits per heavy atom. The van der Waals surface area contributed by atoms with Gasteiger partial charge in [-0.2, -0.15) is 0 Å². The van der Waals surface area contributed by atoms with Crippen molar-refractivity contribution in [3.05, 3.63) is 0 Å². The molecule has 1 unspecified atom stereocenters. The number of nitrogens with one attached hydrogen (secondary N) is 1. The van der Waals surface area contributed by atoms with Crippen LogP contribution < -0.4 is 5.32 Å². The van der Waals surface area contributed by atoms with Crippen LogP contribution in [0.25, 0.3) is 0 Å². The van der Waals surface area contributed by atoms with Gasteiger partial charge in [0, 0.05) is 7.05 Å². The Hall–Kier alpha value is -0.710. The van der Waals surface area contributed by atoms with E-state index in [1.165, 1.54) is 7.05 Å². The van der Waals surface area contributed by atoms with Gasteiger partial charge in [-0.25, -0.2) is 4.79 Å². The maximum Gasteiger partial charge on any atom is 0.325 e. The van der Waals surface area contributed by atoms with Gasteiger partial charge in [0.15, 0.2) is 5.37 Å². The zero-order valence-electron chi connectivity index (χ0n) is 4.79. The summed E-state index contributed by atoms with van der Waals surface area (Å²) in [5.41, 5.74) is 0. The number of rotatable bonds is 0. The Kier molecular flexibility index (Phi) is 1.36. The second-order valence-electron chi connectivity index (χ2n) is 1.75. The molecule has 0 aromatic carbocycles. The molecule has 3 amide bonds. The van der Waals surface area contributed by atoms with Crippen LogP contribution in [-0.4, -0.2) is 29.3 Å². The van der Waals surface area contributed by atoms with Crippen molar-refractivity contribution in [3.8, 4) is 0 Å². The average Bonchev–Trinajstić information content (AvgIpc) is 1.98. The molecule has 0 aliphatic carbocycles. The number of hydrogen-bond acceptors (Lipinski definition) is 3. The maximum atomic E-state index is 10.7. The normalized spacial score (nSPS) is 26.9. The van der Waals surface area contributed by atoms with Gasteiger partial charge in [-0.05, 0) is 0 Å². The smallest absolute Gasteiger partial charge is 0.317 e. The molecular weight excluding hydrogens is 140 g/mol. The minimum absolute atomic E-state index is 0.302. The van der Waals surface area contributed by atoms with Crippen LogP contribution in [0.5, 0.6) is 0 Å². The van der Waals surface area contributed by atoms with Gasteiger partial charge in [0.05, 0.1) is 0 Å². The van der Waals surface area contributed by atoms with Gasteiger partial charge in [-0.3, -0.25) is 9.69 Å². The first kappa shape index (κ1) is 6.41. The molecule has 1 fully saturated rings. The monoisotopic (exact) mass is 146 g/mol. The lowest BCUT2D eigenvalue weighted by atomic mass is 10.6. The third-order valence-electron chi connectivity index (χ3n) is 1.13. The first-order valence-electron chi connectivity index (χ1n) is 2.39. The quantitative estimate of drug-likeness (QED) is 0.355. The Morgan fingerprint density at radius 2 is 2.22 bits per heavy atom. The molecule has 0 bridgehead atoms. The van der Waals surface area contributed by atoms with E-state index in [-0.39, 0.29) is 11.9 Å². The van der Waals surface area contributed by atoms with Crippen LogP contribution in [0.3, 0.4) is 0 Å². The molecule has 1 rings (SSSR count). The van der Waals surface area contributed by atoms with E-state index < -0.39 is 5.37 Å². The molecule has 5 heteroatoms. The van der Waals surface area contributed by atoms with Gasteiger partial charge in [-0.1, -0.05) is 0 Å². The maximum absolute atomic E-state index is 10.7. The van der Waals surface area contributed by atoms with Gasteiger partial charge in [-0.15, -0.1) is 12.6 Å². The SMILES string of the molecule is CN1C(=O)NC(S)C1=O. The van der Waals surface area contributed by atoms with Crippen LogP contribution in [-0.2, 0) is 4.79 Å². The van der Waals surface area contributed by atoms with Crippen molar-refractivity contribution < 1.29 is 9.59 Å². The lowest BCUT2D eigenvalue weighted by Crippen LogP contribution is -2.25. The molecule has 0 saturated carbocycles. The van der Waals surface area contributed by atoms with Crippen molar-refractivity contribution in [2.45, 2.75) is 5.37 Å². The van der Waals surface area contributed by atoms with Crippen LogP contribution in [0, 0.1) is 0 Å². The molecule has 1 N–H and O–H groups in total. The summed E-state index contributed by atoms with van der Waals surface area (Å²) in [6.07, 6.45) is 0. The second kappa shape index (κ2) is 1.91. The number of nitrogens with zero attached hydrogens (tertiary/aromatic N) is 1. The third kappa shape index (κ3) is 0.873. The summed E-state index contributed by atoms with van der Waals surface area (Å²) in [7, 11) is 1.41. The number of urea groups is 1. The highest BCUT2D eigenvalue weighted by Crippen LogP contribution is 2.04. The van der Waals surface area contributed by atoms with Crippen molar-refractivity contribution in [1.82, 2.24) is 10.2 Å². The van der Waals surface area contributed by atoms with Gasteiger partial charge in [0.2, 0.25) is 0 Å². The standard InChI is InChI=1S/C4H6N2O2S/c1-6-3(7)2(9)5-4(6)8/h2,9H,1H3,(H,5,8). The van der Waals surface area contributed by atoms with Gasteiger partial charge in [0.25, 0.3) is 5.91 Å². The predicted molar refractivity (Wildman–Crippen MR) is 34.1 cm³/mol. The molecule has 1 aliphatic heterocycles. The topological polar surface area (TPSA) is 49.4 Å². The summed E-state index contributed by atoms with van der Waals surface area (Å²) in [6, 6.07) is -0.389. The zero-order chi connectivity index (χ0) is 7.02. The zero-order valence-corrected chi connectivity index (χ0v) is 5.68. The van der Waals surface area contributed by atoms with Crippen LogP contribution in [0.1, 0.15) is 0 Å². The fourth-order valence-electron chi connectivity index (χ4n) is 0.559. The second-order valence-corrected chi connectivity index (χ2v) is 2.27. The van der Waals surface area contributed by atoms with E-state index in [1.54, 1.807) is 0 Å². The molecule has 4 nitrogen and oxygen atoms in total. The molecule has 0 aromatic rings. The summed E-state index contributed by atoms with van der Waals surface area (Å²) >= 11 is 3.78. The fraction of sp³-hybridized carbons (Fsp3) is 0.500. The molecule has 0 spiro atoms. The Bertz CT molecular complexity index is 170.